The Morgan fingerprint density at radius 3 is 2.80 bits per heavy atom. The summed E-state index contributed by atoms with van der Waals surface area (Å²) in [5.41, 5.74) is 8.88. The first-order valence-electron chi connectivity index (χ1n) is 8.12. The SMILES string of the molecule is Nc1ncnc2ccc(-c3cc(F)cc(CNC4(CO)CC4)c3)nc12. The summed E-state index contributed by atoms with van der Waals surface area (Å²) < 4.78 is 14.1. The Balaban J connectivity index is 1.67. The molecule has 2 heterocycles. The minimum atomic E-state index is -0.331. The van der Waals surface area contributed by atoms with Gasteiger partial charge in [-0.05, 0) is 48.7 Å². The van der Waals surface area contributed by atoms with E-state index in [9.17, 15) is 9.50 Å². The summed E-state index contributed by atoms with van der Waals surface area (Å²) in [5.74, 6) is -0.0360. The molecule has 1 aromatic carbocycles. The van der Waals surface area contributed by atoms with E-state index in [-0.39, 0.29) is 18.0 Å². The van der Waals surface area contributed by atoms with E-state index in [0.29, 0.717) is 34.7 Å². The number of nitrogens with one attached hydrogen (secondary N) is 1. The van der Waals surface area contributed by atoms with E-state index in [2.05, 4.69) is 20.3 Å². The highest BCUT2D eigenvalue weighted by atomic mass is 19.1. The van der Waals surface area contributed by atoms with Crippen LogP contribution in [0.4, 0.5) is 10.2 Å². The second kappa shape index (κ2) is 6.02. The second-order valence-electron chi connectivity index (χ2n) is 6.46. The van der Waals surface area contributed by atoms with Crippen LogP contribution in [-0.2, 0) is 6.54 Å². The standard InChI is InChI=1S/C18H18FN5O/c19-13-6-11(8-23-18(9-25)3-4-18)5-12(7-13)14-1-2-15-16(24-14)17(20)22-10-21-15/h1-2,5-7,10,23,25H,3-4,8-9H2,(H2,20,21,22). The molecule has 1 fully saturated rings. The lowest BCUT2D eigenvalue weighted by atomic mass is 10.1. The van der Waals surface area contributed by atoms with E-state index in [1.54, 1.807) is 12.1 Å². The third-order valence-electron chi connectivity index (χ3n) is 4.59. The molecule has 0 aliphatic heterocycles. The van der Waals surface area contributed by atoms with Gasteiger partial charge >= 0.3 is 0 Å². The number of nitrogen functional groups attached to an aromatic ring is 1. The molecule has 1 aliphatic carbocycles. The van der Waals surface area contributed by atoms with Crippen LogP contribution < -0.4 is 11.1 Å². The van der Waals surface area contributed by atoms with Gasteiger partial charge in [-0.15, -0.1) is 0 Å². The molecule has 6 nitrogen and oxygen atoms in total. The number of rotatable bonds is 5. The number of benzene rings is 1. The molecule has 0 radical (unpaired) electrons. The smallest absolute Gasteiger partial charge is 0.153 e. The zero-order valence-electron chi connectivity index (χ0n) is 13.5. The van der Waals surface area contributed by atoms with Crippen LogP contribution in [0, 0.1) is 5.82 Å². The number of pyridine rings is 1. The van der Waals surface area contributed by atoms with E-state index < -0.39 is 0 Å². The van der Waals surface area contributed by atoms with E-state index in [1.807, 2.05) is 6.07 Å². The van der Waals surface area contributed by atoms with Gasteiger partial charge in [0.25, 0.3) is 0 Å². The predicted molar refractivity (Wildman–Crippen MR) is 93.0 cm³/mol. The van der Waals surface area contributed by atoms with E-state index in [1.165, 1.54) is 18.5 Å². The molecule has 2 aromatic heterocycles. The van der Waals surface area contributed by atoms with Gasteiger partial charge in [0.15, 0.2) is 5.82 Å². The minimum Gasteiger partial charge on any atom is -0.394 e. The van der Waals surface area contributed by atoms with Crippen LogP contribution in [0.3, 0.4) is 0 Å². The van der Waals surface area contributed by atoms with Gasteiger partial charge in [0, 0.05) is 17.6 Å². The van der Waals surface area contributed by atoms with Gasteiger partial charge in [-0.3, -0.25) is 0 Å². The summed E-state index contributed by atoms with van der Waals surface area (Å²) in [6.45, 7) is 0.588. The number of hydrogen-bond acceptors (Lipinski definition) is 6. The van der Waals surface area contributed by atoms with Crippen molar-refractivity contribution < 1.29 is 9.50 Å². The maximum atomic E-state index is 14.1. The first kappa shape index (κ1) is 15.9. The number of aromatic nitrogens is 3. The summed E-state index contributed by atoms with van der Waals surface area (Å²) >= 11 is 0. The normalized spacial score (nSPS) is 15.4. The Kier molecular flexibility index (Phi) is 3.82. The van der Waals surface area contributed by atoms with Crippen molar-refractivity contribution in [3.8, 4) is 11.3 Å². The van der Waals surface area contributed by atoms with Crippen LogP contribution in [0.25, 0.3) is 22.3 Å². The molecule has 0 saturated heterocycles. The molecule has 0 bridgehead atoms. The monoisotopic (exact) mass is 339 g/mol. The van der Waals surface area contributed by atoms with E-state index in [0.717, 1.165) is 18.4 Å². The molecular formula is C18H18FN5O. The van der Waals surface area contributed by atoms with Crippen molar-refractivity contribution in [1.82, 2.24) is 20.3 Å². The van der Waals surface area contributed by atoms with Crippen molar-refractivity contribution in [2.45, 2.75) is 24.9 Å². The summed E-state index contributed by atoms with van der Waals surface area (Å²) in [4.78, 5) is 12.6. The average molecular weight is 339 g/mol. The zero-order valence-corrected chi connectivity index (χ0v) is 13.5. The highest BCUT2D eigenvalue weighted by molar-refractivity contribution is 5.85. The van der Waals surface area contributed by atoms with Gasteiger partial charge in [-0.25, -0.2) is 19.3 Å². The molecule has 25 heavy (non-hydrogen) atoms. The molecular weight excluding hydrogens is 321 g/mol. The molecule has 0 atom stereocenters. The molecule has 128 valence electrons. The number of fused-ring (bicyclic) bond motifs is 1. The number of nitrogens with two attached hydrogens (primary N) is 1. The van der Waals surface area contributed by atoms with Crippen molar-refractivity contribution in [2.24, 2.45) is 0 Å². The van der Waals surface area contributed by atoms with Crippen LogP contribution >= 0.6 is 0 Å². The average Bonchev–Trinajstić information content (AvgIpc) is 3.40. The van der Waals surface area contributed by atoms with Gasteiger partial charge < -0.3 is 16.2 Å². The largest absolute Gasteiger partial charge is 0.394 e. The summed E-state index contributed by atoms with van der Waals surface area (Å²) in [6, 6.07) is 8.40. The molecule has 0 spiro atoms. The molecule has 1 saturated carbocycles. The maximum Gasteiger partial charge on any atom is 0.153 e. The lowest BCUT2D eigenvalue weighted by Crippen LogP contribution is -2.34. The Bertz CT molecular complexity index is 942. The molecule has 0 amide bonds. The Morgan fingerprint density at radius 2 is 2.04 bits per heavy atom. The van der Waals surface area contributed by atoms with Gasteiger partial charge in [-0.1, -0.05) is 0 Å². The van der Waals surface area contributed by atoms with Crippen molar-refractivity contribution in [3.63, 3.8) is 0 Å². The second-order valence-corrected chi connectivity index (χ2v) is 6.46. The quantitative estimate of drug-likeness (QED) is 0.658. The molecule has 0 unspecified atom stereocenters. The lowest BCUT2D eigenvalue weighted by Gasteiger charge is -2.15. The number of aliphatic hydroxyl groups excluding tert-OH is 1. The minimum absolute atomic E-state index is 0.0979. The van der Waals surface area contributed by atoms with Crippen LogP contribution in [-0.4, -0.2) is 32.2 Å². The number of aliphatic hydroxyl groups is 1. The van der Waals surface area contributed by atoms with Gasteiger partial charge in [0.05, 0.1) is 17.8 Å². The fraction of sp³-hybridized carbons (Fsp3) is 0.278. The topological polar surface area (TPSA) is 97.0 Å². The van der Waals surface area contributed by atoms with Crippen LogP contribution in [0.1, 0.15) is 18.4 Å². The highest BCUT2D eigenvalue weighted by Gasteiger charge is 2.41. The van der Waals surface area contributed by atoms with Crippen molar-refractivity contribution in [1.29, 1.82) is 0 Å². The number of anilines is 1. The fourth-order valence-corrected chi connectivity index (χ4v) is 2.85. The van der Waals surface area contributed by atoms with Crippen LogP contribution in [0.5, 0.6) is 0 Å². The number of nitrogens with zero attached hydrogens (tertiary/aromatic N) is 3. The number of hydrogen-bond donors (Lipinski definition) is 3. The van der Waals surface area contributed by atoms with Gasteiger partial charge in [-0.2, -0.15) is 0 Å². The molecule has 4 N–H and O–H groups in total. The van der Waals surface area contributed by atoms with Crippen LogP contribution in [0.2, 0.25) is 0 Å². The fourth-order valence-electron chi connectivity index (χ4n) is 2.85. The summed E-state index contributed by atoms with van der Waals surface area (Å²) in [7, 11) is 0. The van der Waals surface area contributed by atoms with Gasteiger partial charge in [0.2, 0.25) is 0 Å². The van der Waals surface area contributed by atoms with Crippen molar-refractivity contribution in [2.75, 3.05) is 12.3 Å². The van der Waals surface area contributed by atoms with Crippen molar-refractivity contribution >= 4 is 16.9 Å². The van der Waals surface area contributed by atoms with E-state index >= 15 is 0 Å². The Hall–Kier alpha value is -2.64. The molecule has 7 heteroatoms. The van der Waals surface area contributed by atoms with Crippen molar-refractivity contribution in [3.05, 3.63) is 48.0 Å². The zero-order chi connectivity index (χ0) is 17.4. The summed E-state index contributed by atoms with van der Waals surface area (Å²) in [5, 5.41) is 12.7. The third-order valence-corrected chi connectivity index (χ3v) is 4.59. The summed E-state index contributed by atoms with van der Waals surface area (Å²) in [6.07, 6.45) is 3.27. The molecule has 1 aliphatic rings. The number of halogens is 1. The van der Waals surface area contributed by atoms with Crippen LogP contribution in [0.15, 0.2) is 36.7 Å². The lowest BCUT2D eigenvalue weighted by molar-refractivity contribution is 0.229. The first-order valence-corrected chi connectivity index (χ1v) is 8.12. The Morgan fingerprint density at radius 1 is 1.20 bits per heavy atom. The van der Waals surface area contributed by atoms with E-state index in [4.69, 9.17) is 5.73 Å². The Labute approximate surface area is 143 Å². The molecule has 3 aromatic rings. The van der Waals surface area contributed by atoms with Gasteiger partial charge in [0.1, 0.15) is 17.7 Å². The third kappa shape index (κ3) is 3.16. The highest BCUT2D eigenvalue weighted by Crippen LogP contribution is 2.35. The molecule has 4 rings (SSSR count). The predicted octanol–water partition coefficient (Wildman–Crippen LogP) is 2.03. The maximum absolute atomic E-state index is 14.1. The first-order chi connectivity index (χ1) is 12.1.